The summed E-state index contributed by atoms with van der Waals surface area (Å²) < 4.78 is 18.3. The lowest BCUT2D eigenvalue weighted by Crippen LogP contribution is -2.24. The Labute approximate surface area is 120 Å². The van der Waals surface area contributed by atoms with Crippen LogP contribution in [0.2, 0.25) is 0 Å². The number of carbonyl (C=O) groups is 1. The molecule has 1 aliphatic rings. The van der Waals surface area contributed by atoms with Crippen molar-refractivity contribution in [3.63, 3.8) is 0 Å². The van der Waals surface area contributed by atoms with E-state index < -0.39 is 10.8 Å². The van der Waals surface area contributed by atoms with Gasteiger partial charge in [-0.05, 0) is 24.3 Å². The highest BCUT2D eigenvalue weighted by Crippen LogP contribution is 2.49. The van der Waals surface area contributed by atoms with Crippen molar-refractivity contribution in [2.45, 2.75) is 25.8 Å². The Hall–Kier alpha value is -1.43. The van der Waals surface area contributed by atoms with Gasteiger partial charge in [0.1, 0.15) is 0 Å². The monoisotopic (exact) mass is 297 g/mol. The molecule has 1 fully saturated rings. The Kier molecular flexibility index (Phi) is 4.75. The lowest BCUT2D eigenvalue weighted by molar-refractivity contribution is -0.141. The van der Waals surface area contributed by atoms with Crippen molar-refractivity contribution in [2.24, 2.45) is 5.41 Å². The molecule has 110 valence electrons. The van der Waals surface area contributed by atoms with Crippen LogP contribution >= 0.6 is 0 Å². The summed E-state index contributed by atoms with van der Waals surface area (Å²) in [7, 11) is 0.351. The Morgan fingerprint density at radius 1 is 1.45 bits per heavy atom. The largest absolute Gasteiger partial charge is 0.469 e. The van der Waals surface area contributed by atoms with Crippen LogP contribution in [0.5, 0.6) is 0 Å². The lowest BCUT2D eigenvalue weighted by Gasteiger charge is -2.13. The maximum absolute atomic E-state index is 12.1. The molecule has 1 unspecified atom stereocenters. The van der Waals surface area contributed by atoms with Gasteiger partial charge in [0, 0.05) is 41.1 Å². The normalized spacial score (nSPS) is 17.4. The maximum Gasteiger partial charge on any atom is 0.306 e. The van der Waals surface area contributed by atoms with Crippen molar-refractivity contribution < 1.29 is 13.7 Å². The maximum atomic E-state index is 12.1. The topological polar surface area (TPSA) is 65.4 Å². The molecule has 1 heterocycles. The zero-order valence-electron chi connectivity index (χ0n) is 11.5. The van der Waals surface area contributed by atoms with E-state index >= 15 is 0 Å². The van der Waals surface area contributed by atoms with E-state index in [1.807, 2.05) is 0 Å². The highest BCUT2D eigenvalue weighted by atomic mass is 32.2. The molecule has 1 aliphatic carbocycles. The predicted molar refractivity (Wildman–Crippen MR) is 76.9 cm³/mol. The summed E-state index contributed by atoms with van der Waals surface area (Å²) in [6.45, 7) is 0.445. The number of hydrogen-bond acceptors (Lipinski definition) is 4. The number of rotatable bonds is 7. The summed E-state index contributed by atoms with van der Waals surface area (Å²) in [5.74, 6) is 0.718. The summed E-state index contributed by atoms with van der Waals surface area (Å²) in [6, 6.07) is 4.96. The van der Waals surface area contributed by atoms with Gasteiger partial charge in [-0.1, -0.05) is 6.07 Å². The first-order chi connectivity index (χ1) is 9.54. The van der Waals surface area contributed by atoms with Gasteiger partial charge >= 0.3 is 5.97 Å². The Morgan fingerprint density at radius 2 is 2.20 bits per heavy atom. The molecule has 0 N–H and O–H groups in total. The average molecular weight is 297 g/mol. The molecule has 6 heteroatoms. The van der Waals surface area contributed by atoms with Crippen LogP contribution in [-0.2, 0) is 26.9 Å². The quantitative estimate of drug-likeness (QED) is 0.703. The van der Waals surface area contributed by atoms with E-state index in [9.17, 15) is 13.8 Å². The molecular formula is C14H19NO4S. The zero-order chi connectivity index (χ0) is 14.6. The fraction of sp³-hybridized carbons (Fsp3) is 0.571. The molecule has 0 aromatic carbocycles. The van der Waals surface area contributed by atoms with E-state index in [0.717, 1.165) is 12.8 Å². The van der Waals surface area contributed by atoms with Crippen molar-refractivity contribution in [3.8, 4) is 0 Å². The third-order valence-corrected chi connectivity index (χ3v) is 5.20. The van der Waals surface area contributed by atoms with E-state index in [-0.39, 0.29) is 16.9 Å². The number of esters is 1. The predicted octanol–water partition coefficient (Wildman–Crippen LogP) is 0.940. The van der Waals surface area contributed by atoms with E-state index in [0.29, 0.717) is 24.5 Å². The van der Waals surface area contributed by atoms with Crippen LogP contribution < -0.4 is 5.56 Å². The summed E-state index contributed by atoms with van der Waals surface area (Å²) in [6.07, 6.45) is 3.90. The molecule has 1 saturated carbocycles. The van der Waals surface area contributed by atoms with Gasteiger partial charge < -0.3 is 9.30 Å². The smallest absolute Gasteiger partial charge is 0.306 e. The van der Waals surface area contributed by atoms with Gasteiger partial charge in [-0.2, -0.15) is 0 Å². The minimum atomic E-state index is -1.02. The van der Waals surface area contributed by atoms with Crippen LogP contribution in [0.15, 0.2) is 29.2 Å². The van der Waals surface area contributed by atoms with Gasteiger partial charge in [-0.25, -0.2) is 0 Å². The second-order valence-electron chi connectivity index (χ2n) is 5.27. The van der Waals surface area contributed by atoms with Gasteiger partial charge in [0.05, 0.1) is 13.5 Å². The first kappa shape index (κ1) is 15.0. The fourth-order valence-electron chi connectivity index (χ4n) is 2.19. The number of carbonyl (C=O) groups excluding carboxylic acids is 1. The molecule has 1 aromatic rings. The van der Waals surface area contributed by atoms with Crippen LogP contribution in [0.3, 0.4) is 0 Å². The first-order valence-electron chi connectivity index (χ1n) is 6.62. The molecule has 2 rings (SSSR count). The number of pyridine rings is 1. The summed E-state index contributed by atoms with van der Waals surface area (Å²) >= 11 is 0. The second kappa shape index (κ2) is 6.35. The van der Waals surface area contributed by atoms with Crippen molar-refractivity contribution >= 4 is 16.8 Å². The van der Waals surface area contributed by atoms with Crippen molar-refractivity contribution in [1.29, 1.82) is 0 Å². The standard InChI is InChI=1S/C14H19NO4S/c1-19-13(17)10-14(5-6-14)11-20(18)9-8-15-7-3-2-4-12(15)16/h2-4,7H,5-6,8-11H2,1H3. The highest BCUT2D eigenvalue weighted by Gasteiger charge is 2.45. The number of hydrogen-bond donors (Lipinski definition) is 0. The molecule has 0 radical (unpaired) electrons. The van der Waals surface area contributed by atoms with Crippen LogP contribution in [0.4, 0.5) is 0 Å². The minimum absolute atomic E-state index is 0.0832. The molecule has 20 heavy (non-hydrogen) atoms. The van der Waals surface area contributed by atoms with E-state index in [1.54, 1.807) is 22.9 Å². The molecular weight excluding hydrogens is 278 g/mol. The van der Waals surface area contributed by atoms with Crippen LogP contribution in [0.1, 0.15) is 19.3 Å². The van der Waals surface area contributed by atoms with E-state index in [4.69, 9.17) is 0 Å². The Balaban J connectivity index is 1.83. The van der Waals surface area contributed by atoms with Crippen molar-refractivity contribution in [3.05, 3.63) is 34.7 Å². The SMILES string of the molecule is COC(=O)CC1(CS(=O)CCn2ccccc2=O)CC1. The molecule has 0 amide bonds. The molecule has 0 bridgehead atoms. The summed E-state index contributed by atoms with van der Waals surface area (Å²) in [4.78, 5) is 22.8. The third-order valence-electron chi connectivity index (χ3n) is 3.63. The van der Waals surface area contributed by atoms with Crippen molar-refractivity contribution in [2.75, 3.05) is 18.6 Å². The van der Waals surface area contributed by atoms with Gasteiger partial charge in [-0.15, -0.1) is 0 Å². The summed E-state index contributed by atoms with van der Waals surface area (Å²) in [5.41, 5.74) is -0.209. The number of aryl methyl sites for hydroxylation is 1. The van der Waals surface area contributed by atoms with Crippen LogP contribution in [0, 0.1) is 5.41 Å². The number of methoxy groups -OCH3 is 1. The van der Waals surface area contributed by atoms with Crippen LogP contribution in [-0.4, -0.2) is 33.4 Å². The highest BCUT2D eigenvalue weighted by molar-refractivity contribution is 7.85. The van der Waals surface area contributed by atoms with Gasteiger partial charge in [-0.3, -0.25) is 13.8 Å². The molecule has 1 atom stereocenters. The number of nitrogens with zero attached hydrogens (tertiary/aromatic N) is 1. The van der Waals surface area contributed by atoms with E-state index in [2.05, 4.69) is 4.74 Å². The fourth-order valence-corrected chi connectivity index (χ4v) is 3.80. The Morgan fingerprint density at radius 3 is 2.80 bits per heavy atom. The van der Waals surface area contributed by atoms with Crippen molar-refractivity contribution in [1.82, 2.24) is 4.57 Å². The molecule has 0 spiro atoms. The van der Waals surface area contributed by atoms with E-state index in [1.165, 1.54) is 13.2 Å². The Bertz CT molecular complexity index is 562. The van der Waals surface area contributed by atoms with Gasteiger partial charge in [0.15, 0.2) is 0 Å². The van der Waals surface area contributed by atoms with Crippen LogP contribution in [0.25, 0.3) is 0 Å². The molecule has 1 aromatic heterocycles. The number of aromatic nitrogens is 1. The first-order valence-corrected chi connectivity index (χ1v) is 8.11. The average Bonchev–Trinajstić information content (AvgIpc) is 3.17. The third kappa shape index (κ3) is 4.03. The van der Waals surface area contributed by atoms with Gasteiger partial charge in [0.25, 0.3) is 5.56 Å². The zero-order valence-corrected chi connectivity index (χ0v) is 12.4. The van der Waals surface area contributed by atoms with Gasteiger partial charge in [0.2, 0.25) is 0 Å². The second-order valence-corrected chi connectivity index (χ2v) is 6.85. The number of ether oxygens (including phenoxy) is 1. The summed E-state index contributed by atoms with van der Waals surface area (Å²) in [5, 5.41) is 0. The minimum Gasteiger partial charge on any atom is -0.469 e. The molecule has 0 saturated heterocycles. The lowest BCUT2D eigenvalue weighted by atomic mass is 10.1. The molecule has 0 aliphatic heterocycles. The molecule has 5 nitrogen and oxygen atoms in total.